The molecule has 0 spiro atoms. The Kier molecular flexibility index (Phi) is 5.44. The van der Waals surface area contributed by atoms with Crippen molar-refractivity contribution in [2.75, 3.05) is 0 Å². The summed E-state index contributed by atoms with van der Waals surface area (Å²) in [6.45, 7) is 4.34. The fraction of sp³-hybridized carbons (Fsp3) is 0.360. The van der Waals surface area contributed by atoms with Gasteiger partial charge in [-0.1, -0.05) is 30.3 Å². The fourth-order valence-corrected chi connectivity index (χ4v) is 5.00. The maximum atomic E-state index is 14.4. The summed E-state index contributed by atoms with van der Waals surface area (Å²) in [5, 5.41) is 2.95. The van der Waals surface area contributed by atoms with E-state index in [1.807, 2.05) is 49.1 Å². The average molecular weight is 448 g/mol. The molecule has 3 aromatic rings. The Balaban J connectivity index is 1.58. The predicted molar refractivity (Wildman–Crippen MR) is 121 cm³/mol. The first-order valence-corrected chi connectivity index (χ1v) is 11.3. The normalized spacial score (nSPS) is 19.3. The second-order valence-corrected chi connectivity index (χ2v) is 8.99. The lowest BCUT2D eigenvalue weighted by molar-refractivity contribution is 0.0661. The number of nitrogens with zero attached hydrogens (tertiary/aromatic N) is 4. The molecular weight excluding hydrogens is 421 g/mol. The summed E-state index contributed by atoms with van der Waals surface area (Å²) in [5.74, 6) is -0.439. The minimum atomic E-state index is -0.616. The third-order valence-corrected chi connectivity index (χ3v) is 6.42. The molecule has 2 aliphatic rings. The van der Waals surface area contributed by atoms with E-state index in [1.165, 1.54) is 12.3 Å². The van der Waals surface area contributed by atoms with Gasteiger partial charge in [0.05, 0.1) is 23.5 Å². The molecule has 33 heavy (non-hydrogen) atoms. The fourth-order valence-electron chi connectivity index (χ4n) is 5.00. The Bertz CT molecular complexity index is 1210. The van der Waals surface area contributed by atoms with E-state index < -0.39 is 5.82 Å². The van der Waals surface area contributed by atoms with Gasteiger partial charge < -0.3 is 14.8 Å². The number of hydrogen-bond donors (Lipinski definition) is 1. The van der Waals surface area contributed by atoms with Crippen LogP contribution in [-0.2, 0) is 13.0 Å². The molecule has 2 atom stereocenters. The molecule has 0 saturated carbocycles. The molecular formula is C25H26FN5O2. The summed E-state index contributed by atoms with van der Waals surface area (Å²) in [7, 11) is 0. The first-order valence-electron chi connectivity index (χ1n) is 11.3. The van der Waals surface area contributed by atoms with E-state index in [0.717, 1.165) is 36.1 Å². The predicted octanol–water partition coefficient (Wildman–Crippen LogP) is 3.45. The molecule has 0 unspecified atom stereocenters. The Morgan fingerprint density at radius 1 is 1.12 bits per heavy atom. The molecule has 2 aliphatic heterocycles. The van der Waals surface area contributed by atoms with Gasteiger partial charge >= 0.3 is 0 Å². The summed E-state index contributed by atoms with van der Waals surface area (Å²) in [4.78, 5) is 36.8. The zero-order valence-corrected chi connectivity index (χ0v) is 18.7. The van der Waals surface area contributed by atoms with E-state index in [4.69, 9.17) is 4.98 Å². The van der Waals surface area contributed by atoms with Crippen molar-refractivity contribution in [3.8, 4) is 11.4 Å². The zero-order chi connectivity index (χ0) is 23.1. The van der Waals surface area contributed by atoms with Crippen LogP contribution in [0.4, 0.5) is 4.39 Å². The number of halogens is 1. The summed E-state index contributed by atoms with van der Waals surface area (Å²) in [6.07, 6.45) is 4.63. The minimum Gasteiger partial charge on any atom is -0.348 e. The number of amides is 2. The highest BCUT2D eigenvalue weighted by Crippen LogP contribution is 2.36. The lowest BCUT2D eigenvalue weighted by atomic mass is 10.0. The van der Waals surface area contributed by atoms with Gasteiger partial charge in [-0.3, -0.25) is 14.6 Å². The number of rotatable bonds is 4. The molecule has 8 heteroatoms. The van der Waals surface area contributed by atoms with Gasteiger partial charge in [0.2, 0.25) is 0 Å². The van der Waals surface area contributed by atoms with Gasteiger partial charge in [0.1, 0.15) is 11.5 Å². The van der Waals surface area contributed by atoms with Gasteiger partial charge in [0, 0.05) is 36.8 Å². The number of aromatic nitrogens is 3. The van der Waals surface area contributed by atoms with E-state index in [9.17, 15) is 14.0 Å². The number of benzene rings is 1. The van der Waals surface area contributed by atoms with Crippen LogP contribution in [0.1, 0.15) is 53.2 Å². The molecule has 2 bridgehead atoms. The molecule has 4 heterocycles. The number of hydrogen-bond acceptors (Lipinski definition) is 4. The Hall–Kier alpha value is -3.55. The first kappa shape index (κ1) is 21.3. The van der Waals surface area contributed by atoms with Gasteiger partial charge in [-0.25, -0.2) is 9.37 Å². The summed E-state index contributed by atoms with van der Waals surface area (Å²) in [6, 6.07) is 10.9. The second kappa shape index (κ2) is 8.42. The molecule has 2 amide bonds. The molecule has 7 nitrogen and oxygen atoms in total. The highest BCUT2D eigenvalue weighted by Gasteiger charge is 2.43. The monoisotopic (exact) mass is 447 g/mol. The van der Waals surface area contributed by atoms with Crippen LogP contribution in [0.2, 0.25) is 0 Å². The third kappa shape index (κ3) is 3.79. The highest BCUT2D eigenvalue weighted by molar-refractivity contribution is 5.96. The van der Waals surface area contributed by atoms with E-state index in [1.54, 1.807) is 0 Å². The van der Waals surface area contributed by atoms with Gasteiger partial charge in [0.15, 0.2) is 5.82 Å². The number of imidazole rings is 1. The summed E-state index contributed by atoms with van der Waals surface area (Å²) >= 11 is 0. The highest BCUT2D eigenvalue weighted by atomic mass is 19.1. The van der Waals surface area contributed by atoms with Crippen molar-refractivity contribution in [2.24, 2.45) is 0 Å². The Morgan fingerprint density at radius 3 is 2.61 bits per heavy atom. The van der Waals surface area contributed by atoms with Crippen LogP contribution in [-0.4, -0.2) is 49.4 Å². The number of carbonyl (C=O) groups is 2. The van der Waals surface area contributed by atoms with Gasteiger partial charge in [-0.05, 0) is 32.8 Å². The Labute approximate surface area is 191 Å². The smallest absolute Gasteiger partial charge is 0.271 e. The SMILES string of the molecule is CC(C)NC(=O)c1nc(-c2ccccc2)n2c1C[C@@H]1CC[C@H](C2)N1C(=O)c1ccncc1F. The Morgan fingerprint density at radius 2 is 1.88 bits per heavy atom. The topological polar surface area (TPSA) is 80.1 Å². The van der Waals surface area contributed by atoms with Crippen molar-refractivity contribution in [1.82, 2.24) is 24.8 Å². The van der Waals surface area contributed by atoms with Crippen molar-refractivity contribution < 1.29 is 14.0 Å². The third-order valence-electron chi connectivity index (χ3n) is 6.42. The van der Waals surface area contributed by atoms with Gasteiger partial charge in [-0.2, -0.15) is 0 Å². The molecule has 5 rings (SSSR count). The molecule has 170 valence electrons. The number of pyridine rings is 1. The van der Waals surface area contributed by atoms with Crippen molar-refractivity contribution in [3.63, 3.8) is 0 Å². The van der Waals surface area contributed by atoms with Crippen LogP contribution in [0.3, 0.4) is 0 Å². The number of fused-ring (bicyclic) bond motifs is 3. The van der Waals surface area contributed by atoms with Crippen molar-refractivity contribution in [3.05, 3.63) is 71.6 Å². The molecule has 0 aliphatic carbocycles. The average Bonchev–Trinajstić information content (AvgIpc) is 3.30. The van der Waals surface area contributed by atoms with Gasteiger partial charge in [0.25, 0.3) is 11.8 Å². The number of carbonyl (C=O) groups excluding carboxylic acids is 2. The quantitative estimate of drug-likeness (QED) is 0.664. The van der Waals surface area contributed by atoms with E-state index in [-0.39, 0.29) is 35.5 Å². The van der Waals surface area contributed by atoms with Crippen molar-refractivity contribution >= 4 is 11.8 Å². The maximum absolute atomic E-state index is 14.4. The molecule has 1 N–H and O–H groups in total. The van der Waals surface area contributed by atoms with E-state index in [2.05, 4.69) is 14.9 Å². The lowest BCUT2D eigenvalue weighted by Gasteiger charge is -2.28. The van der Waals surface area contributed by atoms with E-state index >= 15 is 0 Å². The van der Waals surface area contributed by atoms with Crippen LogP contribution >= 0.6 is 0 Å². The lowest BCUT2D eigenvalue weighted by Crippen LogP contribution is -2.42. The molecule has 1 fully saturated rings. The zero-order valence-electron chi connectivity index (χ0n) is 18.7. The van der Waals surface area contributed by atoms with Crippen molar-refractivity contribution in [1.29, 1.82) is 0 Å². The van der Waals surface area contributed by atoms with Crippen LogP contribution in [0, 0.1) is 5.82 Å². The standard InChI is InChI=1S/C25H26FN5O2/c1-15(2)28-24(32)22-21-12-17-8-9-18(31(17)25(33)19-10-11-27-13-20(19)26)14-30(21)23(29-22)16-6-4-3-5-7-16/h3-7,10-11,13,15,17-18H,8-9,12,14H2,1-2H3,(H,28,32)/t17-,18+/m0/s1. The molecule has 0 radical (unpaired) electrons. The van der Waals surface area contributed by atoms with Crippen LogP contribution in [0.15, 0.2) is 48.8 Å². The van der Waals surface area contributed by atoms with Crippen molar-refractivity contribution in [2.45, 2.75) is 57.8 Å². The largest absolute Gasteiger partial charge is 0.348 e. The van der Waals surface area contributed by atoms with Crippen LogP contribution in [0.25, 0.3) is 11.4 Å². The molecule has 1 aromatic carbocycles. The van der Waals surface area contributed by atoms with E-state index in [0.29, 0.717) is 18.7 Å². The minimum absolute atomic E-state index is 0.0232. The van der Waals surface area contributed by atoms with Crippen LogP contribution < -0.4 is 5.32 Å². The maximum Gasteiger partial charge on any atom is 0.271 e. The summed E-state index contributed by atoms with van der Waals surface area (Å²) < 4.78 is 16.5. The summed E-state index contributed by atoms with van der Waals surface area (Å²) in [5.41, 5.74) is 2.18. The van der Waals surface area contributed by atoms with Gasteiger partial charge in [-0.15, -0.1) is 0 Å². The number of nitrogens with one attached hydrogen (secondary N) is 1. The first-order chi connectivity index (χ1) is 15.9. The second-order valence-electron chi connectivity index (χ2n) is 8.99. The van der Waals surface area contributed by atoms with Crippen LogP contribution in [0.5, 0.6) is 0 Å². The molecule has 2 aromatic heterocycles. The molecule has 1 saturated heterocycles.